The van der Waals surface area contributed by atoms with Crippen LogP contribution in [0.3, 0.4) is 0 Å². The molecule has 26 heavy (non-hydrogen) atoms. The lowest BCUT2D eigenvalue weighted by molar-refractivity contribution is 0.217. The number of nitrogens with one attached hydrogen (secondary N) is 1. The second-order valence-electron chi connectivity index (χ2n) is 7.21. The summed E-state index contributed by atoms with van der Waals surface area (Å²) in [5.74, 6) is 1.65. The summed E-state index contributed by atoms with van der Waals surface area (Å²) in [7, 11) is 0. The molecule has 1 saturated heterocycles. The van der Waals surface area contributed by atoms with Gasteiger partial charge in [0.15, 0.2) is 0 Å². The number of pyridine rings is 1. The van der Waals surface area contributed by atoms with Crippen LogP contribution >= 0.6 is 0 Å². The highest BCUT2D eigenvalue weighted by Crippen LogP contribution is 2.18. The minimum Gasteiger partial charge on any atom is -0.490 e. The van der Waals surface area contributed by atoms with Gasteiger partial charge in [0.1, 0.15) is 12.4 Å². The van der Waals surface area contributed by atoms with Gasteiger partial charge in [0.05, 0.1) is 30.0 Å². The van der Waals surface area contributed by atoms with Gasteiger partial charge in [-0.2, -0.15) is 0 Å². The molecule has 3 rings (SSSR count). The molecule has 1 aliphatic rings. The predicted molar refractivity (Wildman–Crippen MR) is 103 cm³/mol. The quantitative estimate of drug-likeness (QED) is 0.623. The van der Waals surface area contributed by atoms with E-state index in [1.165, 1.54) is 38.5 Å². The highest BCUT2D eigenvalue weighted by molar-refractivity contribution is 5.34. The lowest BCUT2D eigenvalue weighted by atomic mass is 9.96. The number of hydrogen-bond donors (Lipinski definition) is 1. The smallest absolute Gasteiger partial charge is 0.139 e. The number of ether oxygens (including phenoxy) is 1. The molecule has 2 aromatic rings. The first kappa shape index (κ1) is 18.8. The topological polar surface area (TPSA) is 64.9 Å². The van der Waals surface area contributed by atoms with E-state index in [4.69, 9.17) is 4.74 Å². The Labute approximate surface area is 156 Å². The monoisotopic (exact) mass is 357 g/mol. The van der Waals surface area contributed by atoms with Crippen molar-refractivity contribution in [3.05, 3.63) is 30.4 Å². The van der Waals surface area contributed by atoms with Gasteiger partial charge in [-0.1, -0.05) is 44.7 Å². The van der Waals surface area contributed by atoms with E-state index in [1.54, 1.807) is 17.1 Å². The van der Waals surface area contributed by atoms with Gasteiger partial charge in [0, 0.05) is 12.1 Å². The molecule has 6 nitrogen and oxygen atoms in total. The van der Waals surface area contributed by atoms with E-state index in [0.717, 1.165) is 36.0 Å². The van der Waals surface area contributed by atoms with E-state index in [-0.39, 0.29) is 0 Å². The molecule has 1 aliphatic heterocycles. The van der Waals surface area contributed by atoms with Crippen LogP contribution in [0.2, 0.25) is 0 Å². The second kappa shape index (κ2) is 9.67. The molecule has 6 heteroatoms. The van der Waals surface area contributed by atoms with E-state index in [0.29, 0.717) is 12.6 Å². The first-order chi connectivity index (χ1) is 12.8. The van der Waals surface area contributed by atoms with Crippen molar-refractivity contribution in [2.24, 2.45) is 5.92 Å². The maximum Gasteiger partial charge on any atom is 0.139 e. The standard InChI is InChI=1S/C20H31N5O/c1-3-16(4-2)7-5-6-8-17-14-25(24-23-17)19-11-20(13-21-12-19)26-15-18-9-10-22-18/h11-14,16,18,22H,3-10,15H2,1-2H3/t18-/m0/s1. The Balaban J connectivity index is 1.49. The van der Waals surface area contributed by atoms with Crippen LogP contribution in [-0.2, 0) is 6.42 Å². The van der Waals surface area contributed by atoms with Crippen LogP contribution in [0.4, 0.5) is 0 Å². The van der Waals surface area contributed by atoms with Gasteiger partial charge in [0.2, 0.25) is 0 Å². The fourth-order valence-corrected chi connectivity index (χ4v) is 3.27. The molecule has 0 aliphatic carbocycles. The first-order valence-electron chi connectivity index (χ1n) is 10.0. The van der Waals surface area contributed by atoms with E-state index in [9.17, 15) is 0 Å². The lowest BCUT2D eigenvalue weighted by Gasteiger charge is -2.27. The maximum absolute atomic E-state index is 5.82. The van der Waals surface area contributed by atoms with Crippen molar-refractivity contribution >= 4 is 0 Å². The minimum atomic E-state index is 0.469. The van der Waals surface area contributed by atoms with Gasteiger partial charge in [-0.3, -0.25) is 4.98 Å². The Kier molecular flexibility index (Phi) is 7.00. The zero-order valence-corrected chi connectivity index (χ0v) is 16.0. The summed E-state index contributed by atoms with van der Waals surface area (Å²) >= 11 is 0. The molecule has 0 aromatic carbocycles. The highest BCUT2D eigenvalue weighted by atomic mass is 16.5. The zero-order chi connectivity index (χ0) is 18.2. The third-order valence-corrected chi connectivity index (χ3v) is 5.33. The SMILES string of the molecule is CCC(CC)CCCCc1cn(-c2cncc(OC[C@@H]3CCN3)c2)nn1. The summed E-state index contributed by atoms with van der Waals surface area (Å²) in [4.78, 5) is 4.27. The van der Waals surface area contributed by atoms with E-state index >= 15 is 0 Å². The molecule has 1 atom stereocenters. The van der Waals surface area contributed by atoms with Gasteiger partial charge < -0.3 is 10.1 Å². The van der Waals surface area contributed by atoms with Gasteiger partial charge >= 0.3 is 0 Å². The Bertz CT molecular complexity index is 664. The number of nitrogens with zero attached hydrogens (tertiary/aromatic N) is 4. The molecular formula is C20H31N5O. The van der Waals surface area contributed by atoms with Crippen molar-refractivity contribution in [3.8, 4) is 11.4 Å². The summed E-state index contributed by atoms with van der Waals surface area (Å²) in [6, 6.07) is 2.44. The molecule has 142 valence electrons. The normalized spacial score (nSPS) is 16.7. The molecule has 0 saturated carbocycles. The zero-order valence-electron chi connectivity index (χ0n) is 16.0. The van der Waals surface area contributed by atoms with E-state index in [2.05, 4.69) is 34.5 Å². The van der Waals surface area contributed by atoms with Crippen LogP contribution in [0, 0.1) is 5.92 Å². The highest BCUT2D eigenvalue weighted by Gasteiger charge is 2.16. The summed E-state index contributed by atoms with van der Waals surface area (Å²) in [5, 5.41) is 11.9. The third-order valence-electron chi connectivity index (χ3n) is 5.33. The van der Waals surface area contributed by atoms with Crippen LogP contribution in [0.15, 0.2) is 24.7 Å². The lowest BCUT2D eigenvalue weighted by Crippen LogP contribution is -2.46. The van der Waals surface area contributed by atoms with Crippen LogP contribution in [0.25, 0.3) is 5.69 Å². The number of aryl methyl sites for hydroxylation is 1. The van der Waals surface area contributed by atoms with Gasteiger partial charge in [-0.05, 0) is 31.7 Å². The van der Waals surface area contributed by atoms with Crippen molar-refractivity contribution in [3.63, 3.8) is 0 Å². The first-order valence-corrected chi connectivity index (χ1v) is 10.0. The number of unbranched alkanes of at least 4 members (excludes halogenated alkanes) is 1. The van der Waals surface area contributed by atoms with Crippen molar-refractivity contribution in [2.75, 3.05) is 13.2 Å². The molecule has 0 unspecified atom stereocenters. The van der Waals surface area contributed by atoms with Crippen molar-refractivity contribution < 1.29 is 4.74 Å². The molecule has 0 spiro atoms. The summed E-state index contributed by atoms with van der Waals surface area (Å²) in [5.41, 5.74) is 1.93. The second-order valence-corrected chi connectivity index (χ2v) is 7.21. The van der Waals surface area contributed by atoms with Crippen molar-refractivity contribution in [1.82, 2.24) is 25.3 Å². The molecule has 1 fully saturated rings. The summed E-state index contributed by atoms with van der Waals surface area (Å²) in [6.45, 7) is 6.35. The van der Waals surface area contributed by atoms with Crippen LogP contribution in [-0.4, -0.2) is 39.2 Å². The molecule has 2 aromatic heterocycles. The average molecular weight is 358 g/mol. The molecule has 0 amide bonds. The Hall–Kier alpha value is -1.95. The summed E-state index contributed by atoms with van der Waals surface area (Å²) < 4.78 is 7.60. The van der Waals surface area contributed by atoms with Gasteiger partial charge in [-0.25, -0.2) is 4.68 Å². The van der Waals surface area contributed by atoms with Gasteiger partial charge in [-0.15, -0.1) is 5.10 Å². The Morgan fingerprint density at radius 3 is 2.85 bits per heavy atom. The molecule has 1 N–H and O–H groups in total. The predicted octanol–water partition coefficient (Wildman–Crippen LogP) is 3.55. The summed E-state index contributed by atoms with van der Waals surface area (Å²) in [6.07, 6.45) is 14.0. The van der Waals surface area contributed by atoms with Crippen molar-refractivity contribution in [1.29, 1.82) is 0 Å². The molecular weight excluding hydrogens is 326 g/mol. The fraction of sp³-hybridized carbons (Fsp3) is 0.650. The Morgan fingerprint density at radius 2 is 2.12 bits per heavy atom. The van der Waals surface area contributed by atoms with E-state index in [1.807, 2.05) is 12.3 Å². The minimum absolute atomic E-state index is 0.469. The largest absolute Gasteiger partial charge is 0.490 e. The van der Waals surface area contributed by atoms with Crippen LogP contribution in [0.1, 0.15) is 58.1 Å². The maximum atomic E-state index is 5.82. The van der Waals surface area contributed by atoms with E-state index < -0.39 is 0 Å². The third kappa shape index (κ3) is 5.27. The van der Waals surface area contributed by atoms with Crippen LogP contribution in [0.5, 0.6) is 5.75 Å². The fourth-order valence-electron chi connectivity index (χ4n) is 3.27. The molecule has 0 bridgehead atoms. The van der Waals surface area contributed by atoms with Crippen molar-refractivity contribution in [2.45, 2.75) is 64.8 Å². The average Bonchev–Trinajstić information content (AvgIpc) is 3.10. The Morgan fingerprint density at radius 1 is 1.27 bits per heavy atom. The van der Waals surface area contributed by atoms with Gasteiger partial charge in [0.25, 0.3) is 0 Å². The van der Waals surface area contributed by atoms with Crippen LogP contribution < -0.4 is 10.1 Å². The number of aromatic nitrogens is 4. The molecule has 3 heterocycles. The number of rotatable bonds is 11. The molecule has 0 radical (unpaired) electrons. The number of hydrogen-bond acceptors (Lipinski definition) is 5.